The van der Waals surface area contributed by atoms with Gasteiger partial charge < -0.3 is 5.11 Å². The van der Waals surface area contributed by atoms with Gasteiger partial charge in [0.2, 0.25) is 0 Å². The van der Waals surface area contributed by atoms with Crippen LogP contribution >= 0.6 is 0 Å². The zero-order valence-corrected chi connectivity index (χ0v) is 6.68. The molecular formula is C7H9OV-. The predicted molar refractivity (Wildman–Crippen MR) is 33.4 cm³/mol. The SMILES string of the molecule is CO.[V].[c-]1ccccc1. The van der Waals surface area contributed by atoms with E-state index in [9.17, 15) is 0 Å². The van der Waals surface area contributed by atoms with Gasteiger partial charge in [-0.25, -0.2) is 0 Å². The van der Waals surface area contributed by atoms with Gasteiger partial charge in [0.05, 0.1) is 0 Å². The minimum atomic E-state index is 0. The molecule has 0 aliphatic rings. The van der Waals surface area contributed by atoms with Gasteiger partial charge in [-0.3, -0.25) is 0 Å². The number of aliphatic hydroxyl groups excluding tert-OH is 1. The fourth-order valence-electron chi connectivity index (χ4n) is 0.342. The number of hydrogen-bond donors (Lipinski definition) is 1. The third-order valence-electron chi connectivity index (χ3n) is 0.607. The van der Waals surface area contributed by atoms with Crippen LogP contribution in [0.5, 0.6) is 0 Å². The molecule has 1 radical (unpaired) electrons. The van der Waals surface area contributed by atoms with Gasteiger partial charge in [-0.05, 0) is 0 Å². The van der Waals surface area contributed by atoms with Crippen LogP contribution in [-0.2, 0) is 18.6 Å². The first-order valence-corrected chi connectivity index (χ1v) is 2.36. The van der Waals surface area contributed by atoms with Crippen molar-refractivity contribution in [2.75, 3.05) is 7.11 Å². The van der Waals surface area contributed by atoms with E-state index in [1.165, 1.54) is 0 Å². The summed E-state index contributed by atoms with van der Waals surface area (Å²) in [6.07, 6.45) is 0. The molecular weight excluding hydrogens is 151 g/mol. The molecule has 1 N–H and O–H groups in total. The zero-order valence-electron chi connectivity index (χ0n) is 5.28. The molecule has 1 rings (SSSR count). The van der Waals surface area contributed by atoms with E-state index < -0.39 is 0 Å². The summed E-state index contributed by atoms with van der Waals surface area (Å²) in [5, 5.41) is 7.00. The van der Waals surface area contributed by atoms with Crippen LogP contribution in [0.15, 0.2) is 30.3 Å². The van der Waals surface area contributed by atoms with E-state index in [0.29, 0.717) is 0 Å². The summed E-state index contributed by atoms with van der Waals surface area (Å²) in [5.41, 5.74) is 0. The maximum atomic E-state index is 7.00. The first-order valence-electron chi connectivity index (χ1n) is 2.36. The van der Waals surface area contributed by atoms with Crippen LogP contribution in [0.4, 0.5) is 0 Å². The second-order valence-electron chi connectivity index (χ2n) is 1.08. The Morgan fingerprint density at radius 1 is 1.00 bits per heavy atom. The summed E-state index contributed by atoms with van der Waals surface area (Å²) in [4.78, 5) is 0. The Hall–Kier alpha value is -0.236. The molecule has 0 aromatic heterocycles. The van der Waals surface area contributed by atoms with Crippen molar-refractivity contribution in [3.63, 3.8) is 0 Å². The maximum Gasteiger partial charge on any atom is 0.0319 e. The van der Waals surface area contributed by atoms with Crippen molar-refractivity contribution in [2.24, 2.45) is 0 Å². The molecule has 0 atom stereocenters. The Morgan fingerprint density at radius 3 is 1.56 bits per heavy atom. The van der Waals surface area contributed by atoms with Crippen LogP contribution in [0.2, 0.25) is 0 Å². The second kappa shape index (κ2) is 10.7. The van der Waals surface area contributed by atoms with Gasteiger partial charge in [0, 0.05) is 25.7 Å². The van der Waals surface area contributed by atoms with Crippen molar-refractivity contribution >= 4 is 0 Å². The largest absolute Gasteiger partial charge is 0.400 e. The van der Waals surface area contributed by atoms with E-state index in [4.69, 9.17) is 5.11 Å². The van der Waals surface area contributed by atoms with E-state index >= 15 is 0 Å². The van der Waals surface area contributed by atoms with E-state index in [1.54, 1.807) is 0 Å². The Kier molecular flexibility index (Phi) is 13.7. The van der Waals surface area contributed by atoms with Gasteiger partial charge >= 0.3 is 0 Å². The molecule has 0 aliphatic heterocycles. The minimum absolute atomic E-state index is 0. The zero-order chi connectivity index (χ0) is 6.24. The molecule has 0 saturated heterocycles. The van der Waals surface area contributed by atoms with E-state index in [2.05, 4.69) is 6.07 Å². The summed E-state index contributed by atoms with van der Waals surface area (Å²) in [5.74, 6) is 0. The van der Waals surface area contributed by atoms with Crippen molar-refractivity contribution in [3.8, 4) is 0 Å². The average Bonchev–Trinajstić information content (AvgIpc) is 1.96. The van der Waals surface area contributed by atoms with Crippen LogP contribution in [-0.4, -0.2) is 12.2 Å². The van der Waals surface area contributed by atoms with Gasteiger partial charge in [-0.1, -0.05) is 0 Å². The first kappa shape index (κ1) is 11.5. The predicted octanol–water partition coefficient (Wildman–Crippen LogP) is 1.09. The molecule has 9 heavy (non-hydrogen) atoms. The van der Waals surface area contributed by atoms with Crippen molar-refractivity contribution in [3.05, 3.63) is 36.4 Å². The Balaban J connectivity index is 0. The molecule has 0 saturated carbocycles. The number of benzene rings is 1. The summed E-state index contributed by atoms with van der Waals surface area (Å²) in [7, 11) is 1.00. The smallest absolute Gasteiger partial charge is 0.0319 e. The molecule has 1 aromatic rings. The van der Waals surface area contributed by atoms with E-state index in [1.807, 2.05) is 30.3 Å². The quantitative estimate of drug-likeness (QED) is 0.563. The summed E-state index contributed by atoms with van der Waals surface area (Å²) in [6.45, 7) is 0. The monoisotopic (exact) mass is 160 g/mol. The van der Waals surface area contributed by atoms with E-state index in [0.717, 1.165) is 7.11 Å². The van der Waals surface area contributed by atoms with Gasteiger partial charge in [0.25, 0.3) is 0 Å². The Bertz CT molecular complexity index is 80.8. The van der Waals surface area contributed by atoms with Crippen LogP contribution in [0.1, 0.15) is 0 Å². The summed E-state index contributed by atoms with van der Waals surface area (Å²) < 4.78 is 0. The maximum absolute atomic E-state index is 7.00. The van der Waals surface area contributed by atoms with E-state index in [-0.39, 0.29) is 18.6 Å². The number of hydrogen-bond acceptors (Lipinski definition) is 1. The van der Waals surface area contributed by atoms with Gasteiger partial charge in [0.1, 0.15) is 0 Å². The minimum Gasteiger partial charge on any atom is -0.400 e. The van der Waals surface area contributed by atoms with Crippen LogP contribution in [0, 0.1) is 6.07 Å². The third kappa shape index (κ3) is 7.76. The molecule has 0 heterocycles. The van der Waals surface area contributed by atoms with Gasteiger partial charge in [0.15, 0.2) is 0 Å². The molecule has 0 spiro atoms. The van der Waals surface area contributed by atoms with Crippen LogP contribution in [0.3, 0.4) is 0 Å². The third-order valence-corrected chi connectivity index (χ3v) is 0.607. The van der Waals surface area contributed by atoms with Crippen molar-refractivity contribution in [1.82, 2.24) is 0 Å². The van der Waals surface area contributed by atoms with Crippen molar-refractivity contribution < 1.29 is 23.7 Å². The van der Waals surface area contributed by atoms with Crippen molar-refractivity contribution in [2.45, 2.75) is 0 Å². The molecule has 0 aliphatic carbocycles. The molecule has 2 heteroatoms. The molecule has 0 fully saturated rings. The molecule has 0 bridgehead atoms. The molecule has 0 unspecified atom stereocenters. The molecule has 1 aromatic carbocycles. The van der Waals surface area contributed by atoms with Crippen molar-refractivity contribution in [1.29, 1.82) is 0 Å². The van der Waals surface area contributed by atoms with Gasteiger partial charge in [-0.2, -0.15) is 36.4 Å². The average molecular weight is 160 g/mol. The Morgan fingerprint density at radius 2 is 1.44 bits per heavy atom. The fraction of sp³-hybridized carbons (Fsp3) is 0.143. The topological polar surface area (TPSA) is 20.2 Å². The molecule has 49 valence electrons. The van der Waals surface area contributed by atoms with Crippen LogP contribution in [0.25, 0.3) is 0 Å². The summed E-state index contributed by atoms with van der Waals surface area (Å²) >= 11 is 0. The first-order chi connectivity index (χ1) is 4.00. The van der Waals surface area contributed by atoms with Gasteiger partial charge in [-0.15, -0.1) is 0 Å². The molecule has 1 nitrogen and oxygen atoms in total. The fourth-order valence-corrected chi connectivity index (χ4v) is 0.342. The van der Waals surface area contributed by atoms with Crippen LogP contribution < -0.4 is 0 Å². The number of aliphatic hydroxyl groups is 1. The second-order valence-corrected chi connectivity index (χ2v) is 1.08. The number of rotatable bonds is 0. The normalized spacial score (nSPS) is 6.00. The molecule has 0 amide bonds. The standard InChI is InChI=1S/C6H5.CH4O.V/c1-2-4-6-5-3-1;1-2;/h1-5H;2H,1H3;/q-1;;. The summed E-state index contributed by atoms with van der Waals surface area (Å²) in [6, 6.07) is 12.5. The Labute approximate surface area is 67.6 Å².